The number of hydrogen-bond donors (Lipinski definition) is 1. The number of hydrogen-bond acceptors (Lipinski definition) is 3. The van der Waals surface area contributed by atoms with Crippen molar-refractivity contribution in [2.24, 2.45) is 0 Å². The first-order valence-electron chi connectivity index (χ1n) is 8.49. The Balaban J connectivity index is 2.04. The monoisotopic (exact) mass is 468 g/mol. The van der Waals surface area contributed by atoms with Crippen LogP contribution in [0.4, 0.5) is 0 Å². The molecular weight excluding hydrogens is 448 g/mol. The summed E-state index contributed by atoms with van der Waals surface area (Å²) in [4.78, 5) is 26.6. The van der Waals surface area contributed by atoms with E-state index in [-0.39, 0.29) is 17.6 Å². The number of nitrogens with one attached hydrogen (secondary N) is 1. The second-order valence-electron chi connectivity index (χ2n) is 6.02. The molecule has 2 amide bonds. The molecule has 0 aliphatic rings. The molecule has 1 N–H and O–H groups in total. The van der Waals surface area contributed by atoms with Crippen molar-refractivity contribution in [2.75, 3.05) is 12.8 Å². The second-order valence-corrected chi connectivity index (χ2v) is 8.33. The maximum Gasteiger partial charge on any atom is 0.242 e. The van der Waals surface area contributed by atoms with Crippen LogP contribution in [-0.4, -0.2) is 35.6 Å². The van der Waals surface area contributed by atoms with Crippen molar-refractivity contribution in [3.63, 3.8) is 0 Å². The number of nitrogens with zero attached hydrogens (tertiary/aromatic N) is 1. The van der Waals surface area contributed by atoms with Crippen LogP contribution in [0.3, 0.4) is 0 Å². The zero-order valence-corrected chi connectivity index (χ0v) is 18.4. The van der Waals surface area contributed by atoms with Gasteiger partial charge < -0.3 is 10.2 Å². The van der Waals surface area contributed by atoms with Crippen LogP contribution in [0.2, 0.25) is 5.02 Å². The van der Waals surface area contributed by atoms with Gasteiger partial charge in [-0.1, -0.05) is 57.9 Å². The van der Waals surface area contributed by atoms with E-state index >= 15 is 0 Å². The summed E-state index contributed by atoms with van der Waals surface area (Å²) in [5, 5.41) is 3.32. The molecule has 0 aromatic heterocycles. The molecule has 0 unspecified atom stereocenters. The number of benzene rings is 2. The molecule has 4 nitrogen and oxygen atoms in total. The average molecular weight is 470 g/mol. The van der Waals surface area contributed by atoms with Gasteiger partial charge in [-0.05, 0) is 36.2 Å². The Kier molecular flexibility index (Phi) is 8.67. The first kappa shape index (κ1) is 21.8. The number of thioether (sulfide) groups is 1. The number of likely N-dealkylation sites (N-methyl/N-ethyl adjacent to an activating group) is 1. The van der Waals surface area contributed by atoms with Crippen LogP contribution in [0.15, 0.2) is 53.0 Å². The standard InChI is InChI=1S/C20H22BrClN2O2S/c1-14(20(26)23-2)24(11-15-7-9-17(21)10-8-15)19(25)13-27-12-16-5-3-4-6-18(16)22/h3-10,14H,11-13H2,1-2H3,(H,23,26)/t14-/m0/s1. The Morgan fingerprint density at radius 1 is 1.19 bits per heavy atom. The van der Waals surface area contributed by atoms with E-state index in [0.717, 1.165) is 15.6 Å². The van der Waals surface area contributed by atoms with Crippen LogP contribution in [0.25, 0.3) is 0 Å². The van der Waals surface area contributed by atoms with Crippen molar-refractivity contribution >= 4 is 51.1 Å². The fraction of sp³-hybridized carbons (Fsp3) is 0.300. The predicted molar refractivity (Wildman–Crippen MR) is 116 cm³/mol. The van der Waals surface area contributed by atoms with Crippen LogP contribution in [0, 0.1) is 0 Å². The van der Waals surface area contributed by atoms with Gasteiger partial charge in [0, 0.05) is 28.8 Å². The lowest BCUT2D eigenvalue weighted by Crippen LogP contribution is -2.47. The van der Waals surface area contributed by atoms with Gasteiger partial charge in [0.25, 0.3) is 0 Å². The van der Waals surface area contributed by atoms with Gasteiger partial charge in [0.05, 0.1) is 5.75 Å². The van der Waals surface area contributed by atoms with Gasteiger partial charge in [0.1, 0.15) is 6.04 Å². The lowest BCUT2D eigenvalue weighted by atomic mass is 10.1. The van der Waals surface area contributed by atoms with E-state index in [4.69, 9.17) is 11.6 Å². The summed E-state index contributed by atoms with van der Waals surface area (Å²) in [5.74, 6) is 0.664. The molecular formula is C20H22BrClN2O2S. The molecule has 0 radical (unpaired) electrons. The average Bonchev–Trinajstić information content (AvgIpc) is 2.67. The Morgan fingerprint density at radius 3 is 2.48 bits per heavy atom. The molecule has 0 heterocycles. The number of amides is 2. The van der Waals surface area contributed by atoms with E-state index in [2.05, 4.69) is 21.2 Å². The Bertz CT molecular complexity index is 786. The summed E-state index contributed by atoms with van der Waals surface area (Å²) in [6.45, 7) is 2.13. The van der Waals surface area contributed by atoms with Gasteiger partial charge in [0.2, 0.25) is 11.8 Å². The molecule has 2 aromatic rings. The quantitative estimate of drug-likeness (QED) is 0.619. The molecule has 2 aromatic carbocycles. The van der Waals surface area contributed by atoms with E-state index in [1.165, 1.54) is 11.8 Å². The fourth-order valence-corrected chi connectivity index (χ4v) is 3.98. The largest absolute Gasteiger partial charge is 0.357 e. The second kappa shape index (κ2) is 10.7. The highest BCUT2D eigenvalue weighted by Crippen LogP contribution is 2.22. The summed E-state index contributed by atoms with van der Waals surface area (Å²) >= 11 is 11.1. The molecule has 0 bridgehead atoms. The Morgan fingerprint density at radius 2 is 1.85 bits per heavy atom. The molecule has 144 valence electrons. The molecule has 1 atom stereocenters. The minimum absolute atomic E-state index is 0.0777. The molecule has 2 rings (SSSR count). The predicted octanol–water partition coefficient (Wildman–Crippen LogP) is 4.50. The Labute approximate surface area is 177 Å². The van der Waals surface area contributed by atoms with E-state index in [0.29, 0.717) is 17.3 Å². The summed E-state index contributed by atoms with van der Waals surface area (Å²) in [6, 6.07) is 14.8. The lowest BCUT2D eigenvalue weighted by Gasteiger charge is -2.28. The van der Waals surface area contributed by atoms with E-state index < -0.39 is 6.04 Å². The van der Waals surface area contributed by atoms with Gasteiger partial charge in [-0.2, -0.15) is 0 Å². The zero-order chi connectivity index (χ0) is 19.8. The summed E-state index contributed by atoms with van der Waals surface area (Å²) in [5.41, 5.74) is 1.97. The molecule has 7 heteroatoms. The van der Waals surface area contributed by atoms with Crippen molar-refractivity contribution in [3.8, 4) is 0 Å². The van der Waals surface area contributed by atoms with Crippen molar-refractivity contribution < 1.29 is 9.59 Å². The third-order valence-corrected chi connectivity index (χ3v) is 5.98. The smallest absolute Gasteiger partial charge is 0.242 e. The number of rotatable bonds is 8. The summed E-state index contributed by atoms with van der Waals surface area (Å²) in [6.07, 6.45) is 0. The van der Waals surface area contributed by atoms with Crippen molar-refractivity contribution in [1.82, 2.24) is 10.2 Å². The van der Waals surface area contributed by atoms with E-state index in [9.17, 15) is 9.59 Å². The van der Waals surface area contributed by atoms with Crippen LogP contribution in [0.5, 0.6) is 0 Å². The zero-order valence-electron chi connectivity index (χ0n) is 15.2. The molecule has 0 spiro atoms. The van der Waals surface area contributed by atoms with Gasteiger partial charge in [-0.25, -0.2) is 0 Å². The molecule has 0 saturated heterocycles. The lowest BCUT2D eigenvalue weighted by molar-refractivity contribution is -0.138. The van der Waals surface area contributed by atoms with Gasteiger partial charge in [-0.3, -0.25) is 9.59 Å². The molecule has 27 heavy (non-hydrogen) atoms. The Hall–Kier alpha value is -1.50. The fourth-order valence-electron chi connectivity index (χ4n) is 2.52. The molecule has 0 saturated carbocycles. The van der Waals surface area contributed by atoms with Crippen molar-refractivity contribution in [1.29, 1.82) is 0 Å². The van der Waals surface area contributed by atoms with Crippen molar-refractivity contribution in [3.05, 3.63) is 69.2 Å². The molecule has 0 fully saturated rings. The summed E-state index contributed by atoms with van der Waals surface area (Å²) < 4.78 is 0.971. The highest BCUT2D eigenvalue weighted by atomic mass is 79.9. The minimum Gasteiger partial charge on any atom is -0.357 e. The van der Waals surface area contributed by atoms with Crippen LogP contribution >= 0.6 is 39.3 Å². The van der Waals surface area contributed by atoms with Crippen LogP contribution in [0.1, 0.15) is 18.1 Å². The minimum atomic E-state index is -0.549. The van der Waals surface area contributed by atoms with Crippen molar-refractivity contribution in [2.45, 2.75) is 25.3 Å². The van der Waals surface area contributed by atoms with Gasteiger partial charge in [0.15, 0.2) is 0 Å². The highest BCUT2D eigenvalue weighted by molar-refractivity contribution is 9.10. The van der Waals surface area contributed by atoms with E-state index in [1.54, 1.807) is 18.9 Å². The number of halogens is 2. The third kappa shape index (κ3) is 6.55. The summed E-state index contributed by atoms with van der Waals surface area (Å²) in [7, 11) is 1.58. The maximum atomic E-state index is 12.8. The van der Waals surface area contributed by atoms with Gasteiger partial charge >= 0.3 is 0 Å². The van der Waals surface area contributed by atoms with Crippen LogP contribution < -0.4 is 5.32 Å². The third-order valence-electron chi connectivity index (χ3n) is 4.12. The first-order valence-corrected chi connectivity index (χ1v) is 10.8. The number of carbonyl (C=O) groups excluding carboxylic acids is 2. The normalized spacial score (nSPS) is 11.7. The molecule has 0 aliphatic carbocycles. The topological polar surface area (TPSA) is 49.4 Å². The van der Waals surface area contributed by atoms with E-state index in [1.807, 2.05) is 48.5 Å². The first-order chi connectivity index (χ1) is 12.9. The van der Waals surface area contributed by atoms with Crippen LogP contribution in [-0.2, 0) is 21.9 Å². The maximum absolute atomic E-state index is 12.8. The number of carbonyl (C=O) groups is 2. The highest BCUT2D eigenvalue weighted by Gasteiger charge is 2.25. The van der Waals surface area contributed by atoms with Gasteiger partial charge in [-0.15, -0.1) is 11.8 Å². The molecule has 0 aliphatic heterocycles. The SMILES string of the molecule is CNC(=O)[C@H](C)N(Cc1ccc(Br)cc1)C(=O)CSCc1ccccc1Cl.